The van der Waals surface area contributed by atoms with Crippen molar-refractivity contribution in [2.45, 2.75) is 6.61 Å². The lowest BCUT2D eigenvalue weighted by Gasteiger charge is -1.94. The van der Waals surface area contributed by atoms with E-state index >= 15 is 0 Å². The molecule has 0 fully saturated rings. The van der Waals surface area contributed by atoms with E-state index in [0.29, 0.717) is 5.76 Å². The average molecular weight is 253 g/mol. The summed E-state index contributed by atoms with van der Waals surface area (Å²) in [6, 6.07) is 5.10. The fraction of sp³-hybridized carbons (Fsp3) is 0.111. The maximum absolute atomic E-state index is 8.38. The zero-order valence-corrected chi connectivity index (χ0v) is 8.61. The molecule has 1 aromatic rings. The summed E-state index contributed by atoms with van der Waals surface area (Å²) < 4.78 is 10.8. The number of allylic oxidation sites excluding steroid dienone is 1. The average Bonchev–Trinajstić information content (AvgIpc) is 2.59. The van der Waals surface area contributed by atoms with Gasteiger partial charge in [-0.25, -0.2) is 0 Å². The van der Waals surface area contributed by atoms with Crippen LogP contribution in [0.4, 0.5) is 0 Å². The van der Waals surface area contributed by atoms with E-state index < -0.39 is 0 Å². The number of hydrogen-bond acceptors (Lipinski definition) is 4. The van der Waals surface area contributed by atoms with Crippen molar-refractivity contribution in [3.05, 3.63) is 34.4 Å². The van der Waals surface area contributed by atoms with E-state index in [1.54, 1.807) is 18.2 Å². The second kappa shape index (κ2) is 5.11. The molecule has 0 aliphatic heterocycles. The summed E-state index contributed by atoms with van der Waals surface area (Å²) >= 11 is 3.21. The minimum absolute atomic E-state index is 0.0735. The fourth-order valence-electron chi connectivity index (χ4n) is 0.714. The summed E-state index contributed by atoms with van der Waals surface area (Å²) in [4.78, 5) is 0. The van der Waals surface area contributed by atoms with Crippen molar-refractivity contribution in [2.75, 3.05) is 0 Å². The Bertz CT molecular complexity index is 407. The molecule has 0 radical (unpaired) electrons. The Labute approximate surface area is 89.1 Å². The van der Waals surface area contributed by atoms with Crippen LogP contribution in [0.25, 0.3) is 0 Å². The maximum Gasteiger partial charge on any atom is 0.164 e. The van der Waals surface area contributed by atoms with E-state index in [4.69, 9.17) is 19.7 Å². The van der Waals surface area contributed by atoms with Crippen molar-refractivity contribution in [1.29, 1.82) is 10.5 Å². The number of nitrogens with zero attached hydrogens (tertiary/aromatic N) is 2. The normalized spacial score (nSPS) is 8.50. The van der Waals surface area contributed by atoms with Crippen LogP contribution in [0.3, 0.4) is 0 Å². The van der Waals surface area contributed by atoms with Crippen LogP contribution in [0.5, 0.6) is 0 Å². The van der Waals surface area contributed by atoms with Gasteiger partial charge in [0.2, 0.25) is 0 Å². The Morgan fingerprint density at radius 3 is 2.79 bits per heavy atom. The minimum atomic E-state index is -0.0735. The number of hydrogen-bond donors (Lipinski definition) is 0. The molecule has 1 rings (SSSR count). The van der Waals surface area contributed by atoms with Crippen LogP contribution >= 0.6 is 15.9 Å². The van der Waals surface area contributed by atoms with Crippen molar-refractivity contribution in [3.63, 3.8) is 0 Å². The molecule has 0 atom stereocenters. The molecule has 5 heteroatoms. The number of furan rings is 1. The van der Waals surface area contributed by atoms with Gasteiger partial charge in [0.1, 0.15) is 37.0 Å². The largest absolute Gasteiger partial charge is 0.491 e. The predicted octanol–water partition coefficient (Wildman–Crippen LogP) is 2.49. The maximum atomic E-state index is 8.38. The second-order valence-corrected chi connectivity index (χ2v) is 3.21. The van der Waals surface area contributed by atoms with Crippen molar-refractivity contribution < 1.29 is 9.15 Å². The molecule has 0 spiro atoms. The van der Waals surface area contributed by atoms with Crippen molar-refractivity contribution in [2.24, 2.45) is 0 Å². The molecule has 70 valence electrons. The SMILES string of the molecule is N#CC(C#N)=COCc1cc(Br)co1. The highest BCUT2D eigenvalue weighted by molar-refractivity contribution is 9.10. The van der Waals surface area contributed by atoms with E-state index in [0.717, 1.165) is 10.7 Å². The first-order valence-corrected chi connectivity index (χ1v) is 4.40. The van der Waals surface area contributed by atoms with E-state index in [1.165, 1.54) is 6.26 Å². The van der Waals surface area contributed by atoms with Gasteiger partial charge in [0.05, 0.1) is 4.47 Å². The van der Waals surface area contributed by atoms with Crippen LogP contribution < -0.4 is 0 Å². The van der Waals surface area contributed by atoms with Crippen LogP contribution in [-0.4, -0.2) is 0 Å². The quantitative estimate of drug-likeness (QED) is 0.612. The lowest BCUT2D eigenvalue weighted by Crippen LogP contribution is -1.84. The fourth-order valence-corrected chi connectivity index (χ4v) is 1.06. The van der Waals surface area contributed by atoms with Gasteiger partial charge in [0.25, 0.3) is 0 Å². The molecule has 0 bridgehead atoms. The van der Waals surface area contributed by atoms with Gasteiger partial charge in [-0.15, -0.1) is 0 Å². The number of rotatable bonds is 3. The Kier molecular flexibility index (Phi) is 3.78. The molecule has 0 saturated heterocycles. The van der Waals surface area contributed by atoms with E-state index in [9.17, 15) is 0 Å². The molecule has 1 heterocycles. The highest BCUT2D eigenvalue weighted by Crippen LogP contribution is 2.14. The molecular weight excluding hydrogens is 248 g/mol. The molecule has 0 N–H and O–H groups in total. The minimum Gasteiger partial charge on any atom is -0.491 e. The molecule has 0 aromatic carbocycles. The summed E-state index contributed by atoms with van der Waals surface area (Å²) in [5.74, 6) is 0.614. The molecule has 0 saturated carbocycles. The monoisotopic (exact) mass is 252 g/mol. The summed E-state index contributed by atoms with van der Waals surface area (Å²) in [7, 11) is 0. The Balaban J connectivity index is 2.47. The van der Waals surface area contributed by atoms with Crippen LogP contribution in [0.1, 0.15) is 5.76 Å². The Morgan fingerprint density at radius 2 is 2.29 bits per heavy atom. The van der Waals surface area contributed by atoms with Crippen LogP contribution in [0.2, 0.25) is 0 Å². The van der Waals surface area contributed by atoms with Crippen molar-refractivity contribution >= 4 is 15.9 Å². The van der Waals surface area contributed by atoms with Crippen molar-refractivity contribution in [1.82, 2.24) is 0 Å². The summed E-state index contributed by atoms with van der Waals surface area (Å²) in [5.41, 5.74) is -0.0735. The third kappa shape index (κ3) is 2.96. The first-order valence-electron chi connectivity index (χ1n) is 3.61. The van der Waals surface area contributed by atoms with Crippen molar-refractivity contribution in [3.8, 4) is 12.1 Å². The van der Waals surface area contributed by atoms with Gasteiger partial charge in [-0.1, -0.05) is 0 Å². The summed E-state index contributed by atoms with van der Waals surface area (Å²) in [6.45, 7) is 0.193. The lowest BCUT2D eigenvalue weighted by atomic mass is 10.4. The van der Waals surface area contributed by atoms with Gasteiger partial charge in [0.15, 0.2) is 5.57 Å². The number of nitriles is 2. The third-order valence-corrected chi connectivity index (χ3v) is 1.71. The number of halogens is 1. The van der Waals surface area contributed by atoms with Gasteiger partial charge in [-0.2, -0.15) is 10.5 Å². The molecule has 4 nitrogen and oxygen atoms in total. The number of ether oxygens (including phenoxy) is 1. The highest BCUT2D eigenvalue weighted by atomic mass is 79.9. The molecule has 0 unspecified atom stereocenters. The lowest BCUT2D eigenvalue weighted by molar-refractivity contribution is 0.209. The predicted molar refractivity (Wildman–Crippen MR) is 50.5 cm³/mol. The van der Waals surface area contributed by atoms with Crippen LogP contribution in [-0.2, 0) is 11.3 Å². The molecule has 0 aliphatic rings. The van der Waals surface area contributed by atoms with Gasteiger partial charge < -0.3 is 9.15 Å². The second-order valence-electron chi connectivity index (χ2n) is 2.30. The zero-order chi connectivity index (χ0) is 10.4. The molecule has 14 heavy (non-hydrogen) atoms. The standard InChI is InChI=1S/C9H5BrN2O2/c10-8-1-9(14-5-8)6-13-4-7(2-11)3-12/h1,4-5H,6H2. The van der Waals surface area contributed by atoms with Crippen LogP contribution in [0.15, 0.2) is 33.1 Å². The van der Waals surface area contributed by atoms with Crippen LogP contribution in [0, 0.1) is 22.7 Å². The van der Waals surface area contributed by atoms with Gasteiger partial charge in [-0.05, 0) is 22.0 Å². The van der Waals surface area contributed by atoms with E-state index in [-0.39, 0.29) is 12.2 Å². The molecular formula is C9H5BrN2O2. The Morgan fingerprint density at radius 1 is 1.57 bits per heavy atom. The van der Waals surface area contributed by atoms with E-state index in [1.807, 2.05) is 0 Å². The van der Waals surface area contributed by atoms with Gasteiger partial charge in [0, 0.05) is 0 Å². The smallest absolute Gasteiger partial charge is 0.164 e. The molecule has 1 aromatic heterocycles. The first kappa shape index (κ1) is 10.4. The highest BCUT2D eigenvalue weighted by Gasteiger charge is 1.99. The first-order chi connectivity index (χ1) is 6.76. The van der Waals surface area contributed by atoms with Gasteiger partial charge in [-0.3, -0.25) is 0 Å². The van der Waals surface area contributed by atoms with E-state index in [2.05, 4.69) is 15.9 Å². The zero-order valence-electron chi connectivity index (χ0n) is 7.03. The Hall–Kier alpha value is -1.72. The third-order valence-electron chi connectivity index (χ3n) is 1.29. The topological polar surface area (TPSA) is 70.0 Å². The molecule has 0 aliphatic carbocycles. The molecule has 0 amide bonds. The van der Waals surface area contributed by atoms with Gasteiger partial charge >= 0.3 is 0 Å². The summed E-state index contributed by atoms with van der Waals surface area (Å²) in [6.07, 6.45) is 2.63. The summed E-state index contributed by atoms with van der Waals surface area (Å²) in [5, 5.41) is 16.8.